The van der Waals surface area contributed by atoms with Crippen molar-refractivity contribution in [2.45, 2.75) is 18.9 Å². The van der Waals surface area contributed by atoms with Crippen LogP contribution in [-0.4, -0.2) is 25.2 Å². The second-order valence-corrected chi connectivity index (χ2v) is 4.36. The Morgan fingerprint density at radius 2 is 2.44 bits per heavy atom. The number of carbonyl (C=O) groups excluding carboxylic acids is 1. The van der Waals surface area contributed by atoms with Crippen LogP contribution in [0.5, 0.6) is 0 Å². The van der Waals surface area contributed by atoms with E-state index in [1.54, 1.807) is 12.1 Å². The highest BCUT2D eigenvalue weighted by Crippen LogP contribution is 2.12. The van der Waals surface area contributed by atoms with Crippen molar-refractivity contribution in [3.05, 3.63) is 41.7 Å². The molecule has 1 amide bonds. The molecular formula is C14H16FNO2. The van der Waals surface area contributed by atoms with Gasteiger partial charge in [-0.2, -0.15) is 0 Å². The summed E-state index contributed by atoms with van der Waals surface area (Å²) in [4.78, 5) is 11.8. The Hall–Kier alpha value is -1.68. The summed E-state index contributed by atoms with van der Waals surface area (Å²) in [6.45, 7) is 4.81. The monoisotopic (exact) mass is 249 g/mol. The van der Waals surface area contributed by atoms with Gasteiger partial charge in [-0.25, -0.2) is 4.39 Å². The van der Waals surface area contributed by atoms with E-state index in [4.69, 9.17) is 4.74 Å². The molecule has 1 aliphatic rings. The first-order chi connectivity index (χ1) is 8.69. The summed E-state index contributed by atoms with van der Waals surface area (Å²) in [5.74, 6) is -0.384. The normalized spacial score (nSPS) is 18.6. The predicted octanol–water partition coefficient (Wildman–Crippen LogP) is 1.92. The summed E-state index contributed by atoms with van der Waals surface area (Å²) in [6, 6.07) is 4.73. The Morgan fingerprint density at radius 3 is 3.11 bits per heavy atom. The SMILES string of the molecule is C=Cc1cc(CC(=O)NC2CCOC2)ccc1F. The molecule has 0 aliphatic carbocycles. The van der Waals surface area contributed by atoms with Gasteiger partial charge in [0, 0.05) is 12.2 Å². The minimum absolute atomic E-state index is 0.0629. The van der Waals surface area contributed by atoms with E-state index >= 15 is 0 Å². The van der Waals surface area contributed by atoms with Crippen molar-refractivity contribution >= 4 is 12.0 Å². The largest absolute Gasteiger partial charge is 0.379 e. The number of nitrogens with one attached hydrogen (secondary N) is 1. The Bertz CT molecular complexity index is 453. The van der Waals surface area contributed by atoms with E-state index in [1.807, 2.05) is 0 Å². The lowest BCUT2D eigenvalue weighted by molar-refractivity contribution is -0.121. The van der Waals surface area contributed by atoms with Crippen LogP contribution in [0.3, 0.4) is 0 Å². The highest BCUT2D eigenvalue weighted by molar-refractivity contribution is 5.79. The maximum atomic E-state index is 13.2. The van der Waals surface area contributed by atoms with Crippen LogP contribution in [0, 0.1) is 5.82 Å². The van der Waals surface area contributed by atoms with E-state index in [2.05, 4.69) is 11.9 Å². The van der Waals surface area contributed by atoms with Crippen LogP contribution in [-0.2, 0) is 16.0 Å². The van der Waals surface area contributed by atoms with E-state index in [1.165, 1.54) is 12.1 Å². The molecular weight excluding hydrogens is 233 g/mol. The average Bonchev–Trinajstić information content (AvgIpc) is 2.84. The van der Waals surface area contributed by atoms with Gasteiger partial charge in [-0.15, -0.1) is 0 Å². The zero-order chi connectivity index (χ0) is 13.0. The van der Waals surface area contributed by atoms with Gasteiger partial charge in [0.15, 0.2) is 0 Å². The first-order valence-corrected chi connectivity index (χ1v) is 5.97. The van der Waals surface area contributed by atoms with Gasteiger partial charge >= 0.3 is 0 Å². The highest BCUT2D eigenvalue weighted by atomic mass is 19.1. The fraction of sp³-hybridized carbons (Fsp3) is 0.357. The summed E-state index contributed by atoms with van der Waals surface area (Å²) in [5, 5.41) is 2.90. The maximum absolute atomic E-state index is 13.2. The Morgan fingerprint density at radius 1 is 1.61 bits per heavy atom. The third-order valence-electron chi connectivity index (χ3n) is 2.94. The number of amides is 1. The summed E-state index contributed by atoms with van der Waals surface area (Å²) in [7, 11) is 0. The lowest BCUT2D eigenvalue weighted by Gasteiger charge is -2.10. The Balaban J connectivity index is 1.95. The molecule has 18 heavy (non-hydrogen) atoms. The van der Waals surface area contributed by atoms with Crippen molar-refractivity contribution in [1.82, 2.24) is 5.32 Å². The van der Waals surface area contributed by atoms with Gasteiger partial charge in [0.05, 0.1) is 19.1 Å². The second kappa shape index (κ2) is 5.78. The first-order valence-electron chi connectivity index (χ1n) is 5.97. The molecule has 1 unspecified atom stereocenters. The van der Waals surface area contributed by atoms with Crippen molar-refractivity contribution in [3.63, 3.8) is 0 Å². The molecule has 0 spiro atoms. The number of carbonyl (C=O) groups is 1. The zero-order valence-electron chi connectivity index (χ0n) is 10.1. The van der Waals surface area contributed by atoms with E-state index in [-0.39, 0.29) is 24.2 Å². The van der Waals surface area contributed by atoms with Crippen molar-refractivity contribution in [2.24, 2.45) is 0 Å². The van der Waals surface area contributed by atoms with Crippen molar-refractivity contribution < 1.29 is 13.9 Å². The van der Waals surface area contributed by atoms with Crippen molar-refractivity contribution in [1.29, 1.82) is 0 Å². The fourth-order valence-electron chi connectivity index (χ4n) is 1.97. The Kier molecular flexibility index (Phi) is 4.10. The van der Waals surface area contributed by atoms with Crippen LogP contribution < -0.4 is 5.32 Å². The second-order valence-electron chi connectivity index (χ2n) is 4.36. The van der Waals surface area contributed by atoms with Gasteiger partial charge in [0.2, 0.25) is 5.91 Å². The number of rotatable bonds is 4. The van der Waals surface area contributed by atoms with E-state index in [0.29, 0.717) is 18.8 Å². The summed E-state index contributed by atoms with van der Waals surface area (Å²) in [6.07, 6.45) is 2.55. The predicted molar refractivity (Wildman–Crippen MR) is 67.6 cm³/mol. The summed E-state index contributed by atoms with van der Waals surface area (Å²) >= 11 is 0. The van der Waals surface area contributed by atoms with Crippen LogP contribution >= 0.6 is 0 Å². The number of hydrogen-bond acceptors (Lipinski definition) is 2. The number of ether oxygens (including phenoxy) is 1. The highest BCUT2D eigenvalue weighted by Gasteiger charge is 2.17. The first kappa shape index (κ1) is 12.8. The van der Waals surface area contributed by atoms with E-state index < -0.39 is 0 Å². The number of benzene rings is 1. The number of halogens is 1. The molecule has 3 nitrogen and oxygen atoms in total. The van der Waals surface area contributed by atoms with Gasteiger partial charge in [-0.05, 0) is 24.1 Å². The molecule has 1 aliphatic heterocycles. The molecule has 1 fully saturated rings. The van der Waals surface area contributed by atoms with E-state index in [9.17, 15) is 9.18 Å². The van der Waals surface area contributed by atoms with E-state index in [0.717, 1.165) is 12.0 Å². The summed E-state index contributed by atoms with van der Waals surface area (Å²) in [5.41, 5.74) is 1.20. The molecule has 0 bridgehead atoms. The van der Waals surface area contributed by atoms with Crippen molar-refractivity contribution in [3.8, 4) is 0 Å². The third-order valence-corrected chi connectivity index (χ3v) is 2.94. The summed E-state index contributed by atoms with van der Waals surface area (Å²) < 4.78 is 18.4. The molecule has 4 heteroatoms. The lowest BCUT2D eigenvalue weighted by atomic mass is 10.1. The smallest absolute Gasteiger partial charge is 0.224 e. The van der Waals surface area contributed by atoms with Crippen LogP contribution in [0.25, 0.3) is 6.08 Å². The van der Waals surface area contributed by atoms with Gasteiger partial charge in [-0.3, -0.25) is 4.79 Å². The molecule has 1 N–H and O–H groups in total. The standard InChI is InChI=1S/C14H16FNO2/c1-2-11-7-10(3-4-13(11)15)8-14(17)16-12-5-6-18-9-12/h2-4,7,12H,1,5-6,8-9H2,(H,16,17). The average molecular weight is 249 g/mol. The molecule has 0 aromatic heterocycles. The minimum Gasteiger partial charge on any atom is -0.379 e. The molecule has 1 atom stereocenters. The molecule has 2 rings (SSSR count). The quantitative estimate of drug-likeness (QED) is 0.885. The molecule has 1 aromatic carbocycles. The lowest BCUT2D eigenvalue weighted by Crippen LogP contribution is -2.36. The van der Waals surface area contributed by atoms with Crippen LogP contribution in [0.1, 0.15) is 17.5 Å². The molecule has 0 saturated carbocycles. The number of hydrogen-bond donors (Lipinski definition) is 1. The topological polar surface area (TPSA) is 38.3 Å². The van der Waals surface area contributed by atoms with Crippen LogP contribution in [0.15, 0.2) is 24.8 Å². The Labute approximate surface area is 106 Å². The zero-order valence-corrected chi connectivity index (χ0v) is 10.1. The van der Waals surface area contributed by atoms with Crippen LogP contribution in [0.2, 0.25) is 0 Å². The third kappa shape index (κ3) is 3.17. The van der Waals surface area contributed by atoms with Gasteiger partial charge < -0.3 is 10.1 Å². The molecule has 96 valence electrons. The van der Waals surface area contributed by atoms with Gasteiger partial charge in [0.1, 0.15) is 5.82 Å². The van der Waals surface area contributed by atoms with Gasteiger partial charge in [-0.1, -0.05) is 18.7 Å². The van der Waals surface area contributed by atoms with Crippen molar-refractivity contribution in [2.75, 3.05) is 13.2 Å². The van der Waals surface area contributed by atoms with Gasteiger partial charge in [0.25, 0.3) is 0 Å². The molecule has 1 aromatic rings. The minimum atomic E-state index is -0.321. The molecule has 1 heterocycles. The van der Waals surface area contributed by atoms with Crippen LogP contribution in [0.4, 0.5) is 4.39 Å². The maximum Gasteiger partial charge on any atom is 0.224 e. The molecule has 0 radical (unpaired) electrons. The fourth-order valence-corrected chi connectivity index (χ4v) is 1.97. The molecule has 1 saturated heterocycles.